The molecule has 0 heterocycles. The first-order valence-corrected chi connectivity index (χ1v) is 10.1. The van der Waals surface area contributed by atoms with Crippen LogP contribution in [0, 0.1) is 5.92 Å². The third-order valence-corrected chi connectivity index (χ3v) is 5.41. The number of benzene rings is 2. The number of hydrogen-bond acceptors (Lipinski definition) is 3. The van der Waals surface area contributed by atoms with Crippen molar-refractivity contribution < 1.29 is 9.53 Å². The minimum atomic E-state index is -0.626. The second kappa shape index (κ2) is 10.4. The highest BCUT2D eigenvalue weighted by molar-refractivity contribution is 5.84. The van der Waals surface area contributed by atoms with E-state index in [1.807, 2.05) is 19.1 Å². The highest BCUT2D eigenvalue weighted by Crippen LogP contribution is 2.22. The molecule has 3 N–H and O–H groups in total. The molecule has 0 aliphatic heterocycles. The Labute approximate surface area is 163 Å². The maximum absolute atomic E-state index is 12.8. The topological polar surface area (TPSA) is 64.3 Å². The molecule has 2 aromatic carbocycles. The third kappa shape index (κ3) is 5.78. The molecule has 0 bridgehead atoms. The summed E-state index contributed by atoms with van der Waals surface area (Å²) in [7, 11) is 1.56. The summed E-state index contributed by atoms with van der Waals surface area (Å²) < 4.78 is 5.47. The molecule has 0 saturated heterocycles. The fraction of sp³-hybridized carbons (Fsp3) is 0.522. The van der Waals surface area contributed by atoms with Crippen molar-refractivity contribution in [1.29, 1.82) is 0 Å². The van der Waals surface area contributed by atoms with Crippen LogP contribution in [0.4, 0.5) is 0 Å². The van der Waals surface area contributed by atoms with Gasteiger partial charge in [0.15, 0.2) is 6.10 Å². The molecule has 1 amide bonds. The molecular formula is C23H34N2O2. The summed E-state index contributed by atoms with van der Waals surface area (Å²) in [6.45, 7) is 6.35. The van der Waals surface area contributed by atoms with E-state index in [0.29, 0.717) is 5.92 Å². The molecule has 0 fully saturated rings. The van der Waals surface area contributed by atoms with Gasteiger partial charge in [-0.3, -0.25) is 4.79 Å². The molecule has 0 aromatic heterocycles. The largest absolute Gasteiger partial charge is 0.370 e. The van der Waals surface area contributed by atoms with E-state index in [1.54, 1.807) is 7.11 Å². The highest BCUT2D eigenvalue weighted by Gasteiger charge is 2.28. The number of amides is 1. The van der Waals surface area contributed by atoms with Gasteiger partial charge in [0.05, 0.1) is 6.04 Å². The number of ether oxygens (including phenoxy) is 1. The fourth-order valence-corrected chi connectivity index (χ4v) is 3.74. The Hall–Kier alpha value is -1.91. The predicted molar refractivity (Wildman–Crippen MR) is 113 cm³/mol. The number of hydrogen-bond donors (Lipinski definition) is 2. The summed E-state index contributed by atoms with van der Waals surface area (Å²) in [6, 6.07) is 14.1. The van der Waals surface area contributed by atoms with Crippen molar-refractivity contribution in [2.75, 3.05) is 7.11 Å². The van der Waals surface area contributed by atoms with E-state index >= 15 is 0 Å². The zero-order chi connectivity index (χ0) is 19.8. The SMILES string of the molecule is CCCC(CC)CC(N)C(OC)C(=O)NC(C)c1ccc2ccccc2c1. The van der Waals surface area contributed by atoms with Crippen molar-refractivity contribution in [2.45, 2.75) is 64.6 Å². The summed E-state index contributed by atoms with van der Waals surface area (Å²) in [5.41, 5.74) is 7.41. The number of nitrogens with one attached hydrogen (secondary N) is 1. The lowest BCUT2D eigenvalue weighted by Crippen LogP contribution is -2.48. The molecule has 2 aromatic rings. The molecule has 148 valence electrons. The zero-order valence-electron chi connectivity index (χ0n) is 17.1. The fourth-order valence-electron chi connectivity index (χ4n) is 3.74. The number of carbonyl (C=O) groups is 1. The van der Waals surface area contributed by atoms with Crippen molar-refractivity contribution in [3.8, 4) is 0 Å². The molecule has 0 saturated carbocycles. The third-order valence-electron chi connectivity index (χ3n) is 5.41. The van der Waals surface area contributed by atoms with Crippen LogP contribution in [-0.4, -0.2) is 25.2 Å². The Morgan fingerprint density at radius 2 is 1.85 bits per heavy atom. The van der Waals surface area contributed by atoms with Crippen LogP contribution in [0.2, 0.25) is 0 Å². The lowest BCUT2D eigenvalue weighted by atomic mass is 9.90. The predicted octanol–water partition coefficient (Wildman–Crippen LogP) is 4.58. The first kappa shape index (κ1) is 21.4. The van der Waals surface area contributed by atoms with Crippen molar-refractivity contribution in [2.24, 2.45) is 11.7 Å². The van der Waals surface area contributed by atoms with Crippen LogP contribution >= 0.6 is 0 Å². The van der Waals surface area contributed by atoms with Gasteiger partial charge in [-0.05, 0) is 41.7 Å². The minimum Gasteiger partial charge on any atom is -0.370 e. The Balaban J connectivity index is 2.03. The minimum absolute atomic E-state index is 0.107. The van der Waals surface area contributed by atoms with Gasteiger partial charge in [0.25, 0.3) is 5.91 Å². The first-order valence-electron chi connectivity index (χ1n) is 10.1. The smallest absolute Gasteiger partial charge is 0.251 e. The van der Waals surface area contributed by atoms with E-state index < -0.39 is 6.10 Å². The normalized spacial score (nSPS) is 15.9. The molecular weight excluding hydrogens is 336 g/mol. The number of methoxy groups -OCH3 is 1. The van der Waals surface area contributed by atoms with Crippen LogP contribution in [0.25, 0.3) is 10.8 Å². The van der Waals surface area contributed by atoms with Crippen molar-refractivity contribution in [3.63, 3.8) is 0 Å². The molecule has 2 rings (SSSR count). The van der Waals surface area contributed by atoms with E-state index in [-0.39, 0.29) is 18.0 Å². The molecule has 4 heteroatoms. The maximum Gasteiger partial charge on any atom is 0.251 e. The summed E-state index contributed by atoms with van der Waals surface area (Å²) in [5, 5.41) is 5.43. The van der Waals surface area contributed by atoms with Gasteiger partial charge >= 0.3 is 0 Å². The van der Waals surface area contributed by atoms with Gasteiger partial charge in [-0.2, -0.15) is 0 Å². The van der Waals surface area contributed by atoms with Gasteiger partial charge < -0.3 is 15.8 Å². The average molecular weight is 371 g/mol. The molecule has 0 radical (unpaired) electrons. The quantitative estimate of drug-likeness (QED) is 0.643. The standard InChI is InChI=1S/C23H34N2O2/c1-5-9-17(6-2)14-21(24)22(27-4)23(26)25-16(3)19-13-12-18-10-7-8-11-20(18)15-19/h7-8,10-13,15-17,21-22H,5-6,9,14,24H2,1-4H3,(H,25,26). The van der Waals surface area contributed by atoms with Crippen LogP contribution < -0.4 is 11.1 Å². The average Bonchev–Trinajstić information content (AvgIpc) is 2.67. The van der Waals surface area contributed by atoms with Crippen molar-refractivity contribution >= 4 is 16.7 Å². The molecule has 0 aliphatic rings. The number of fused-ring (bicyclic) bond motifs is 1. The Kier molecular flexibility index (Phi) is 8.26. The lowest BCUT2D eigenvalue weighted by Gasteiger charge is -2.27. The highest BCUT2D eigenvalue weighted by atomic mass is 16.5. The summed E-state index contributed by atoms with van der Waals surface area (Å²) in [4.78, 5) is 12.8. The summed E-state index contributed by atoms with van der Waals surface area (Å²) in [5.74, 6) is 0.394. The van der Waals surface area contributed by atoms with Crippen molar-refractivity contribution in [1.82, 2.24) is 5.32 Å². The van der Waals surface area contributed by atoms with Gasteiger partial charge in [-0.15, -0.1) is 0 Å². The van der Waals surface area contributed by atoms with E-state index in [9.17, 15) is 4.79 Å². The van der Waals surface area contributed by atoms with Gasteiger partial charge in [0, 0.05) is 13.2 Å². The molecule has 0 aliphatic carbocycles. The second-order valence-corrected chi connectivity index (χ2v) is 7.46. The van der Waals surface area contributed by atoms with E-state index in [4.69, 9.17) is 10.5 Å². The first-order chi connectivity index (χ1) is 13.0. The monoisotopic (exact) mass is 370 g/mol. The van der Waals surface area contributed by atoms with Gasteiger partial charge in [-0.25, -0.2) is 0 Å². The second-order valence-electron chi connectivity index (χ2n) is 7.46. The molecule has 27 heavy (non-hydrogen) atoms. The molecule has 4 unspecified atom stereocenters. The van der Waals surface area contributed by atoms with Gasteiger partial charge in [0.1, 0.15) is 0 Å². The maximum atomic E-state index is 12.8. The van der Waals surface area contributed by atoms with Crippen LogP contribution in [0.1, 0.15) is 58.1 Å². The van der Waals surface area contributed by atoms with E-state index in [2.05, 4.69) is 49.5 Å². The van der Waals surface area contributed by atoms with Gasteiger partial charge in [0.2, 0.25) is 0 Å². The van der Waals surface area contributed by atoms with Crippen LogP contribution in [0.5, 0.6) is 0 Å². The number of carbonyl (C=O) groups excluding carboxylic acids is 1. The Morgan fingerprint density at radius 3 is 2.48 bits per heavy atom. The molecule has 4 nitrogen and oxygen atoms in total. The lowest BCUT2D eigenvalue weighted by molar-refractivity contribution is -0.133. The van der Waals surface area contributed by atoms with Crippen LogP contribution in [0.3, 0.4) is 0 Å². The van der Waals surface area contributed by atoms with E-state index in [0.717, 1.165) is 31.2 Å². The number of rotatable bonds is 10. The zero-order valence-corrected chi connectivity index (χ0v) is 17.1. The van der Waals surface area contributed by atoms with Crippen LogP contribution in [-0.2, 0) is 9.53 Å². The van der Waals surface area contributed by atoms with E-state index in [1.165, 1.54) is 10.8 Å². The summed E-state index contributed by atoms with van der Waals surface area (Å²) in [6.07, 6.45) is 3.52. The Morgan fingerprint density at radius 1 is 1.15 bits per heavy atom. The Bertz CT molecular complexity index is 731. The van der Waals surface area contributed by atoms with Crippen LogP contribution in [0.15, 0.2) is 42.5 Å². The van der Waals surface area contributed by atoms with Gasteiger partial charge in [-0.1, -0.05) is 69.5 Å². The molecule has 0 spiro atoms. The summed E-state index contributed by atoms with van der Waals surface area (Å²) >= 11 is 0. The number of nitrogens with two attached hydrogens (primary N) is 1. The molecule has 4 atom stereocenters. The van der Waals surface area contributed by atoms with Crippen molar-refractivity contribution in [3.05, 3.63) is 48.0 Å².